The molecule has 0 aliphatic carbocycles. The molecule has 1 saturated heterocycles. The smallest absolute Gasteiger partial charge is 0.269 e. The maximum atomic E-state index is 12.9. The van der Waals surface area contributed by atoms with E-state index in [9.17, 15) is 20.0 Å². The van der Waals surface area contributed by atoms with E-state index >= 15 is 0 Å². The van der Waals surface area contributed by atoms with Crippen LogP contribution in [0.5, 0.6) is 0 Å². The highest BCUT2D eigenvalue weighted by molar-refractivity contribution is 8.09. The maximum absolute atomic E-state index is 12.9. The number of aliphatic hydroxyl groups excluding tert-OH is 1. The summed E-state index contributed by atoms with van der Waals surface area (Å²) in [5, 5.41) is 21.1. The zero-order chi connectivity index (χ0) is 22.1. The van der Waals surface area contributed by atoms with E-state index in [0.29, 0.717) is 12.1 Å². The number of nitro benzene ring substituents is 1. The van der Waals surface area contributed by atoms with Crippen LogP contribution < -0.4 is 0 Å². The molecule has 31 heavy (non-hydrogen) atoms. The van der Waals surface area contributed by atoms with Crippen molar-refractivity contribution in [1.82, 2.24) is 4.90 Å². The van der Waals surface area contributed by atoms with Crippen LogP contribution in [0.4, 0.5) is 5.69 Å². The standard InChI is InChI=1S/C22H20N2O5S2/c1-2-16(25)17-20(26)23-18(19(31-21(17)23)14-6-4-3-5-7-14)22(30)29-12-13-8-10-15(11-9-13)24(27)28/h3-11,16-17,21,25H,2,12H2,1H3/t16-,17+,21+/m0/s1. The van der Waals surface area contributed by atoms with Crippen LogP contribution in [0.1, 0.15) is 24.5 Å². The third-order valence-electron chi connectivity index (χ3n) is 5.36. The summed E-state index contributed by atoms with van der Waals surface area (Å²) in [7, 11) is 0. The molecule has 4 rings (SSSR count). The number of carbonyl (C=O) groups is 1. The summed E-state index contributed by atoms with van der Waals surface area (Å²) in [4.78, 5) is 25.7. The van der Waals surface area contributed by atoms with Crippen molar-refractivity contribution in [2.24, 2.45) is 5.92 Å². The number of non-ortho nitro benzene ring substituents is 1. The van der Waals surface area contributed by atoms with E-state index in [4.69, 9.17) is 17.0 Å². The van der Waals surface area contributed by atoms with Gasteiger partial charge >= 0.3 is 0 Å². The quantitative estimate of drug-likeness (QED) is 0.290. The Bertz CT molecular complexity index is 1060. The lowest BCUT2D eigenvalue weighted by atomic mass is 9.90. The molecule has 0 saturated carbocycles. The third kappa shape index (κ3) is 3.96. The number of fused-ring (bicyclic) bond motifs is 1. The molecule has 0 spiro atoms. The molecule has 0 radical (unpaired) electrons. The van der Waals surface area contributed by atoms with Gasteiger partial charge < -0.3 is 9.84 Å². The monoisotopic (exact) mass is 456 g/mol. The highest BCUT2D eigenvalue weighted by atomic mass is 32.2. The second-order valence-corrected chi connectivity index (χ2v) is 8.76. The number of hydrogen-bond donors (Lipinski definition) is 1. The molecular formula is C22H20N2O5S2. The largest absolute Gasteiger partial charge is 0.477 e. The van der Waals surface area contributed by atoms with Gasteiger partial charge in [-0.2, -0.15) is 0 Å². The van der Waals surface area contributed by atoms with Crippen LogP contribution in [0.15, 0.2) is 60.3 Å². The predicted molar refractivity (Wildman–Crippen MR) is 122 cm³/mol. The lowest BCUT2D eigenvalue weighted by Gasteiger charge is -2.44. The minimum atomic E-state index is -0.702. The van der Waals surface area contributed by atoms with Crippen LogP contribution in [0.2, 0.25) is 0 Å². The lowest BCUT2D eigenvalue weighted by molar-refractivity contribution is -0.384. The molecule has 7 nitrogen and oxygen atoms in total. The molecule has 1 N–H and O–H groups in total. The van der Waals surface area contributed by atoms with Crippen molar-refractivity contribution in [3.05, 3.63) is 81.5 Å². The molecule has 160 valence electrons. The molecule has 1 fully saturated rings. The fourth-order valence-corrected chi connectivity index (χ4v) is 5.56. The summed E-state index contributed by atoms with van der Waals surface area (Å²) in [5.74, 6) is -0.627. The van der Waals surface area contributed by atoms with Gasteiger partial charge in [-0.25, -0.2) is 0 Å². The van der Waals surface area contributed by atoms with E-state index in [1.165, 1.54) is 23.9 Å². The number of aliphatic hydroxyl groups is 1. The van der Waals surface area contributed by atoms with Gasteiger partial charge in [-0.05, 0) is 41.9 Å². The zero-order valence-electron chi connectivity index (χ0n) is 16.6. The number of thioether (sulfide) groups is 1. The van der Waals surface area contributed by atoms with Crippen molar-refractivity contribution >= 4 is 45.5 Å². The summed E-state index contributed by atoms with van der Waals surface area (Å²) in [6.45, 7) is 1.98. The van der Waals surface area contributed by atoms with Crippen LogP contribution in [0.25, 0.3) is 4.91 Å². The third-order valence-corrected chi connectivity index (χ3v) is 7.08. The highest BCUT2D eigenvalue weighted by Crippen LogP contribution is 2.54. The molecule has 2 aliphatic heterocycles. The highest BCUT2D eigenvalue weighted by Gasteiger charge is 2.57. The molecule has 0 bridgehead atoms. The van der Waals surface area contributed by atoms with Gasteiger partial charge in [0.2, 0.25) is 11.0 Å². The molecule has 1 amide bonds. The van der Waals surface area contributed by atoms with Crippen molar-refractivity contribution in [3.63, 3.8) is 0 Å². The maximum Gasteiger partial charge on any atom is 0.269 e. The van der Waals surface area contributed by atoms with Gasteiger partial charge in [0, 0.05) is 17.0 Å². The Hall–Kier alpha value is -2.75. The van der Waals surface area contributed by atoms with Gasteiger partial charge in [0.15, 0.2) is 0 Å². The SMILES string of the molecule is CC[C@H](O)[C@@H]1C(=O)N2C(C(=S)OCc3ccc([N+](=O)[O-])cc3)=C(c3ccccc3)S[C@H]12. The Kier molecular flexibility index (Phi) is 6.08. The summed E-state index contributed by atoms with van der Waals surface area (Å²) in [5.41, 5.74) is 2.20. The van der Waals surface area contributed by atoms with Crippen LogP contribution in [-0.4, -0.2) is 37.4 Å². The number of ether oxygens (including phenoxy) is 1. The number of carbonyl (C=O) groups excluding carboxylic acids is 1. The van der Waals surface area contributed by atoms with Gasteiger partial charge in [0.1, 0.15) is 17.7 Å². The van der Waals surface area contributed by atoms with Gasteiger partial charge in [-0.3, -0.25) is 19.8 Å². The zero-order valence-corrected chi connectivity index (χ0v) is 18.3. The Morgan fingerprint density at radius 3 is 2.55 bits per heavy atom. The van der Waals surface area contributed by atoms with Gasteiger partial charge in [-0.1, -0.05) is 49.0 Å². The number of thiocarbonyl (C=S) groups is 1. The molecule has 2 aromatic rings. The summed E-state index contributed by atoms with van der Waals surface area (Å²) >= 11 is 7.06. The molecule has 2 aliphatic rings. The number of hydrogen-bond acceptors (Lipinski definition) is 7. The summed E-state index contributed by atoms with van der Waals surface area (Å²) < 4.78 is 5.82. The van der Waals surface area contributed by atoms with Crippen LogP contribution in [0, 0.1) is 16.0 Å². The van der Waals surface area contributed by atoms with E-state index in [2.05, 4.69) is 0 Å². The second-order valence-electron chi connectivity index (χ2n) is 7.26. The van der Waals surface area contributed by atoms with Crippen molar-refractivity contribution < 1.29 is 19.6 Å². The molecule has 0 aromatic heterocycles. The fraction of sp³-hybridized carbons (Fsp3) is 0.273. The lowest BCUT2D eigenvalue weighted by Crippen LogP contribution is -2.61. The minimum Gasteiger partial charge on any atom is -0.477 e. The normalized spacial score (nSPS) is 20.8. The second kappa shape index (κ2) is 8.78. The van der Waals surface area contributed by atoms with Crippen molar-refractivity contribution in [3.8, 4) is 0 Å². The van der Waals surface area contributed by atoms with Gasteiger partial charge in [0.25, 0.3) is 5.69 Å². The van der Waals surface area contributed by atoms with E-state index in [-0.39, 0.29) is 28.6 Å². The number of benzene rings is 2. The van der Waals surface area contributed by atoms with Crippen LogP contribution in [0.3, 0.4) is 0 Å². The van der Waals surface area contributed by atoms with Crippen molar-refractivity contribution in [2.75, 3.05) is 0 Å². The molecule has 2 aromatic carbocycles. The minimum absolute atomic E-state index is 0.00197. The van der Waals surface area contributed by atoms with Crippen LogP contribution in [-0.2, 0) is 16.1 Å². The van der Waals surface area contributed by atoms with E-state index in [0.717, 1.165) is 16.0 Å². The molecule has 3 atom stereocenters. The number of amides is 1. The molecular weight excluding hydrogens is 436 g/mol. The van der Waals surface area contributed by atoms with Gasteiger partial charge in [-0.15, -0.1) is 0 Å². The van der Waals surface area contributed by atoms with E-state index < -0.39 is 16.9 Å². The first-order valence-corrected chi connectivity index (χ1v) is 11.1. The Balaban J connectivity index is 1.57. The topological polar surface area (TPSA) is 92.9 Å². The average molecular weight is 457 g/mol. The Labute approximate surface area is 188 Å². The van der Waals surface area contributed by atoms with Crippen LogP contribution >= 0.6 is 24.0 Å². The molecule has 9 heteroatoms. The number of nitrogens with zero attached hydrogens (tertiary/aromatic N) is 2. The number of rotatable bonds is 7. The predicted octanol–water partition coefficient (Wildman–Crippen LogP) is 4.11. The molecule has 0 unspecified atom stereocenters. The van der Waals surface area contributed by atoms with Crippen molar-refractivity contribution in [1.29, 1.82) is 0 Å². The van der Waals surface area contributed by atoms with E-state index in [1.54, 1.807) is 17.0 Å². The first-order valence-electron chi connectivity index (χ1n) is 9.80. The fourth-order valence-electron chi connectivity index (χ4n) is 3.66. The van der Waals surface area contributed by atoms with E-state index in [1.807, 2.05) is 37.3 Å². The number of nitro groups is 1. The first-order chi connectivity index (χ1) is 14.9. The summed E-state index contributed by atoms with van der Waals surface area (Å²) in [6, 6.07) is 15.7. The number of β-lactam (4-membered cyclic amide) rings is 1. The molecule has 2 heterocycles. The summed E-state index contributed by atoms with van der Waals surface area (Å²) in [6.07, 6.45) is -0.203. The average Bonchev–Trinajstić information content (AvgIpc) is 3.13. The van der Waals surface area contributed by atoms with Gasteiger partial charge in [0.05, 0.1) is 16.9 Å². The Morgan fingerprint density at radius 2 is 1.94 bits per heavy atom. The first kappa shape index (κ1) is 21.5. The van der Waals surface area contributed by atoms with Crippen molar-refractivity contribution in [2.45, 2.75) is 31.4 Å². The Morgan fingerprint density at radius 1 is 1.26 bits per heavy atom.